The highest BCUT2D eigenvalue weighted by Crippen LogP contribution is 2.20. The number of methoxy groups -OCH3 is 1. The molecule has 0 aliphatic carbocycles. The van der Waals surface area contributed by atoms with E-state index in [1.807, 2.05) is 48.7 Å². The molecule has 0 amide bonds. The Morgan fingerprint density at radius 3 is 2.47 bits per heavy atom. The summed E-state index contributed by atoms with van der Waals surface area (Å²) in [7, 11) is 1.67. The van der Waals surface area contributed by atoms with Crippen LogP contribution in [0.4, 0.5) is 5.69 Å². The molecule has 2 aromatic rings. The number of pyridine rings is 1. The molecule has 1 N–H and O–H groups in total. The highest BCUT2D eigenvalue weighted by Gasteiger charge is 2.05. The molecule has 1 heterocycles. The van der Waals surface area contributed by atoms with Crippen LogP contribution in [0.15, 0.2) is 48.7 Å². The monoisotopic (exact) mass is 228 g/mol. The van der Waals surface area contributed by atoms with Crippen molar-refractivity contribution in [2.45, 2.75) is 13.0 Å². The van der Waals surface area contributed by atoms with E-state index >= 15 is 0 Å². The summed E-state index contributed by atoms with van der Waals surface area (Å²) in [5, 5.41) is 3.39. The first-order valence-electron chi connectivity index (χ1n) is 5.61. The van der Waals surface area contributed by atoms with Gasteiger partial charge in [-0.25, -0.2) is 0 Å². The van der Waals surface area contributed by atoms with Crippen LogP contribution in [0.2, 0.25) is 0 Å². The van der Waals surface area contributed by atoms with Crippen molar-refractivity contribution in [2.75, 3.05) is 12.4 Å². The van der Waals surface area contributed by atoms with Gasteiger partial charge in [-0.2, -0.15) is 0 Å². The van der Waals surface area contributed by atoms with Gasteiger partial charge in [-0.3, -0.25) is 4.98 Å². The van der Waals surface area contributed by atoms with E-state index in [2.05, 4.69) is 17.2 Å². The minimum absolute atomic E-state index is 0.185. The predicted octanol–water partition coefficient (Wildman–Crippen LogP) is 3.26. The van der Waals surface area contributed by atoms with Gasteiger partial charge in [0, 0.05) is 11.9 Å². The molecule has 17 heavy (non-hydrogen) atoms. The average Bonchev–Trinajstić information content (AvgIpc) is 2.40. The molecule has 0 saturated carbocycles. The average molecular weight is 228 g/mol. The van der Waals surface area contributed by atoms with E-state index in [0.717, 1.165) is 17.1 Å². The van der Waals surface area contributed by atoms with Gasteiger partial charge in [0.1, 0.15) is 5.75 Å². The van der Waals surface area contributed by atoms with Crippen molar-refractivity contribution in [3.63, 3.8) is 0 Å². The summed E-state index contributed by atoms with van der Waals surface area (Å²) in [4.78, 5) is 4.32. The van der Waals surface area contributed by atoms with Crippen LogP contribution in [-0.2, 0) is 0 Å². The lowest BCUT2D eigenvalue weighted by molar-refractivity contribution is 0.415. The zero-order valence-corrected chi connectivity index (χ0v) is 10.1. The molecule has 2 rings (SSSR count). The van der Waals surface area contributed by atoms with E-state index in [0.29, 0.717) is 0 Å². The first kappa shape index (κ1) is 11.5. The van der Waals surface area contributed by atoms with Crippen molar-refractivity contribution < 1.29 is 4.74 Å². The molecule has 0 aliphatic rings. The number of rotatable bonds is 4. The summed E-state index contributed by atoms with van der Waals surface area (Å²) in [5.41, 5.74) is 2.09. The molecule has 1 aromatic heterocycles. The Morgan fingerprint density at radius 1 is 1.12 bits per heavy atom. The lowest BCUT2D eigenvalue weighted by Gasteiger charge is -2.14. The number of benzene rings is 1. The van der Waals surface area contributed by atoms with Gasteiger partial charge in [0.25, 0.3) is 0 Å². The first-order valence-corrected chi connectivity index (χ1v) is 5.61. The molecule has 1 atom stereocenters. The number of nitrogens with one attached hydrogen (secondary N) is 1. The lowest BCUT2D eigenvalue weighted by Crippen LogP contribution is -2.07. The van der Waals surface area contributed by atoms with Crippen molar-refractivity contribution in [3.05, 3.63) is 54.4 Å². The molecular formula is C14H16N2O. The van der Waals surface area contributed by atoms with Crippen LogP contribution in [0.25, 0.3) is 0 Å². The summed E-state index contributed by atoms with van der Waals surface area (Å²) in [6.07, 6.45) is 1.81. The van der Waals surface area contributed by atoms with Crippen LogP contribution in [-0.4, -0.2) is 12.1 Å². The molecule has 3 heteroatoms. The molecule has 0 aliphatic heterocycles. The largest absolute Gasteiger partial charge is 0.497 e. The number of hydrogen-bond acceptors (Lipinski definition) is 3. The maximum absolute atomic E-state index is 5.12. The van der Waals surface area contributed by atoms with Crippen LogP contribution in [0, 0.1) is 0 Å². The lowest BCUT2D eigenvalue weighted by atomic mass is 10.2. The van der Waals surface area contributed by atoms with Crippen molar-refractivity contribution >= 4 is 5.69 Å². The summed E-state index contributed by atoms with van der Waals surface area (Å²) in [5.74, 6) is 0.862. The number of ether oxygens (including phenoxy) is 1. The van der Waals surface area contributed by atoms with Crippen molar-refractivity contribution in [1.82, 2.24) is 4.98 Å². The molecule has 0 bridgehead atoms. The quantitative estimate of drug-likeness (QED) is 0.872. The zero-order chi connectivity index (χ0) is 12.1. The molecule has 1 aromatic carbocycles. The topological polar surface area (TPSA) is 34.1 Å². The van der Waals surface area contributed by atoms with Gasteiger partial charge in [-0.1, -0.05) is 6.07 Å². The van der Waals surface area contributed by atoms with Crippen LogP contribution in [0.3, 0.4) is 0 Å². The molecule has 0 radical (unpaired) electrons. The first-order chi connectivity index (χ1) is 8.29. The summed E-state index contributed by atoms with van der Waals surface area (Å²) >= 11 is 0. The Morgan fingerprint density at radius 2 is 1.88 bits per heavy atom. The standard InChI is InChI=1S/C14H16N2O/c1-11(14-5-3-4-10-15-14)16-12-6-8-13(17-2)9-7-12/h3-11,16H,1-2H3/t11-/m1/s1. The SMILES string of the molecule is COc1ccc(N[C@H](C)c2ccccn2)cc1. The van der Waals surface area contributed by atoms with E-state index in [9.17, 15) is 0 Å². The van der Waals surface area contributed by atoms with Crippen molar-refractivity contribution in [1.29, 1.82) is 0 Å². The summed E-state index contributed by atoms with van der Waals surface area (Å²) in [6, 6.07) is 14.0. The highest BCUT2D eigenvalue weighted by molar-refractivity contribution is 5.47. The second kappa shape index (κ2) is 5.34. The van der Waals surface area contributed by atoms with Gasteiger partial charge in [-0.15, -0.1) is 0 Å². The van der Waals surface area contributed by atoms with Gasteiger partial charge in [-0.05, 0) is 43.3 Å². The normalized spacial score (nSPS) is 11.9. The highest BCUT2D eigenvalue weighted by atomic mass is 16.5. The Labute approximate surface area is 101 Å². The molecule has 0 saturated heterocycles. The minimum atomic E-state index is 0.185. The van der Waals surface area contributed by atoms with Gasteiger partial charge in [0.2, 0.25) is 0 Å². The smallest absolute Gasteiger partial charge is 0.119 e. The van der Waals surface area contributed by atoms with Crippen LogP contribution in [0.5, 0.6) is 5.75 Å². The Hall–Kier alpha value is -2.03. The summed E-state index contributed by atoms with van der Waals surface area (Å²) < 4.78 is 5.12. The van der Waals surface area contributed by atoms with Gasteiger partial charge >= 0.3 is 0 Å². The van der Waals surface area contributed by atoms with Crippen LogP contribution >= 0.6 is 0 Å². The Balaban J connectivity index is 2.05. The third-order valence-corrected chi connectivity index (χ3v) is 2.60. The third kappa shape index (κ3) is 2.97. The van der Waals surface area contributed by atoms with E-state index in [-0.39, 0.29) is 6.04 Å². The van der Waals surface area contributed by atoms with Crippen molar-refractivity contribution in [3.8, 4) is 5.75 Å². The molecule has 0 spiro atoms. The maximum atomic E-state index is 5.12. The fraction of sp³-hybridized carbons (Fsp3) is 0.214. The fourth-order valence-electron chi connectivity index (χ4n) is 1.64. The molecular weight excluding hydrogens is 212 g/mol. The van der Waals surface area contributed by atoms with Gasteiger partial charge in [0.15, 0.2) is 0 Å². The van der Waals surface area contributed by atoms with Gasteiger partial charge < -0.3 is 10.1 Å². The molecule has 0 unspecified atom stereocenters. The van der Waals surface area contributed by atoms with Crippen LogP contribution in [0.1, 0.15) is 18.7 Å². The predicted molar refractivity (Wildman–Crippen MR) is 69.3 cm³/mol. The molecule has 88 valence electrons. The number of nitrogens with zero attached hydrogens (tertiary/aromatic N) is 1. The maximum Gasteiger partial charge on any atom is 0.119 e. The fourth-order valence-corrected chi connectivity index (χ4v) is 1.64. The molecule has 3 nitrogen and oxygen atoms in total. The van der Waals surface area contributed by atoms with E-state index < -0.39 is 0 Å². The second-order valence-electron chi connectivity index (χ2n) is 3.85. The zero-order valence-electron chi connectivity index (χ0n) is 10.1. The van der Waals surface area contributed by atoms with Gasteiger partial charge in [0.05, 0.1) is 18.8 Å². The second-order valence-corrected chi connectivity index (χ2v) is 3.85. The Bertz CT molecular complexity index is 453. The molecule has 0 fully saturated rings. The number of aromatic nitrogens is 1. The van der Waals surface area contributed by atoms with Crippen LogP contribution < -0.4 is 10.1 Å². The van der Waals surface area contributed by atoms with E-state index in [4.69, 9.17) is 4.74 Å². The summed E-state index contributed by atoms with van der Waals surface area (Å²) in [6.45, 7) is 2.09. The number of hydrogen-bond donors (Lipinski definition) is 1. The van der Waals surface area contributed by atoms with E-state index in [1.165, 1.54) is 0 Å². The number of anilines is 1. The van der Waals surface area contributed by atoms with E-state index in [1.54, 1.807) is 7.11 Å². The minimum Gasteiger partial charge on any atom is -0.497 e. The van der Waals surface area contributed by atoms with Crippen molar-refractivity contribution in [2.24, 2.45) is 0 Å². The Kier molecular flexibility index (Phi) is 3.60. The third-order valence-electron chi connectivity index (χ3n) is 2.60.